The molecule has 166 valence electrons. The summed E-state index contributed by atoms with van der Waals surface area (Å²) in [6, 6.07) is 27.5. The van der Waals surface area contributed by atoms with E-state index in [1.165, 1.54) is 5.56 Å². The third kappa shape index (κ3) is 7.51. The van der Waals surface area contributed by atoms with Gasteiger partial charge in [-0.25, -0.2) is 15.0 Å². The molecule has 0 aromatic heterocycles. The highest BCUT2D eigenvalue weighted by Crippen LogP contribution is 2.31. The van der Waals surface area contributed by atoms with Crippen LogP contribution in [0.4, 0.5) is 0 Å². The average molecular weight is 423 g/mol. The largest absolute Gasteiger partial charge is 0.340 e. The Balaban J connectivity index is 0.000000262. The van der Waals surface area contributed by atoms with E-state index < -0.39 is 11.2 Å². The first-order valence-corrected chi connectivity index (χ1v) is 10.5. The molecule has 3 aromatic carbocycles. The zero-order valence-corrected chi connectivity index (χ0v) is 19.3. The third-order valence-corrected chi connectivity index (χ3v) is 5.05. The molecule has 0 atom stereocenters. The van der Waals surface area contributed by atoms with Crippen molar-refractivity contribution in [1.29, 1.82) is 0 Å². The average Bonchev–Trinajstić information content (AvgIpc) is 2.79. The van der Waals surface area contributed by atoms with Crippen LogP contribution in [0.5, 0.6) is 5.75 Å². The first kappa shape index (κ1) is 24.6. The standard InChI is InChI=1S/C18H22O2.C9H12O2/c1-17(2,15-11-7-5-8-12-15)19-20-18(3,4)16-13-9-6-10-14-16;1-7(2)8-3-5-9(11-10)6-4-8/h5-14H,1-4H3;3-7,10H,1-2H3. The van der Waals surface area contributed by atoms with Crippen molar-refractivity contribution in [3.05, 3.63) is 102 Å². The van der Waals surface area contributed by atoms with Gasteiger partial charge in [-0.15, -0.1) is 0 Å². The second-order valence-electron chi connectivity index (χ2n) is 8.73. The molecular weight excluding hydrogens is 388 g/mol. The van der Waals surface area contributed by atoms with Crippen LogP contribution >= 0.6 is 0 Å². The van der Waals surface area contributed by atoms with Crippen LogP contribution in [-0.2, 0) is 21.0 Å². The quantitative estimate of drug-likeness (QED) is 0.317. The summed E-state index contributed by atoms with van der Waals surface area (Å²) in [7, 11) is 0. The van der Waals surface area contributed by atoms with Crippen LogP contribution in [0.3, 0.4) is 0 Å². The topological polar surface area (TPSA) is 47.9 Å². The van der Waals surface area contributed by atoms with Gasteiger partial charge in [0.05, 0.1) is 0 Å². The summed E-state index contributed by atoms with van der Waals surface area (Å²) < 4.78 is 0. The molecule has 3 rings (SSSR count). The lowest BCUT2D eigenvalue weighted by Crippen LogP contribution is -2.29. The molecule has 0 unspecified atom stereocenters. The fraction of sp³-hybridized carbons (Fsp3) is 0.333. The van der Waals surface area contributed by atoms with Crippen molar-refractivity contribution in [2.45, 2.75) is 58.7 Å². The zero-order valence-electron chi connectivity index (χ0n) is 19.3. The molecule has 0 aliphatic carbocycles. The molecule has 0 saturated heterocycles. The Morgan fingerprint density at radius 2 is 1.00 bits per heavy atom. The van der Waals surface area contributed by atoms with Gasteiger partial charge in [0.1, 0.15) is 11.2 Å². The van der Waals surface area contributed by atoms with Crippen molar-refractivity contribution in [3.63, 3.8) is 0 Å². The first-order chi connectivity index (χ1) is 14.7. The molecule has 1 N–H and O–H groups in total. The fourth-order valence-electron chi connectivity index (χ4n) is 2.90. The molecule has 0 aliphatic heterocycles. The second-order valence-corrected chi connectivity index (χ2v) is 8.73. The molecule has 3 aromatic rings. The number of hydrogen-bond donors (Lipinski definition) is 1. The Hall–Kier alpha value is -2.66. The minimum Gasteiger partial charge on any atom is -0.340 e. The highest BCUT2D eigenvalue weighted by molar-refractivity contribution is 5.28. The van der Waals surface area contributed by atoms with Gasteiger partial charge in [-0.1, -0.05) is 86.6 Å². The molecule has 0 amide bonds. The van der Waals surface area contributed by atoms with E-state index in [1.807, 2.05) is 100 Å². The van der Waals surface area contributed by atoms with E-state index in [1.54, 1.807) is 12.1 Å². The number of benzene rings is 3. The van der Waals surface area contributed by atoms with Crippen LogP contribution in [0.25, 0.3) is 0 Å². The predicted molar refractivity (Wildman–Crippen MR) is 125 cm³/mol. The van der Waals surface area contributed by atoms with Crippen molar-refractivity contribution in [2.24, 2.45) is 0 Å². The van der Waals surface area contributed by atoms with E-state index in [-0.39, 0.29) is 0 Å². The zero-order chi connectivity index (χ0) is 22.9. The summed E-state index contributed by atoms with van der Waals surface area (Å²) in [6.45, 7) is 12.3. The highest BCUT2D eigenvalue weighted by Gasteiger charge is 2.29. The van der Waals surface area contributed by atoms with Crippen molar-refractivity contribution in [1.82, 2.24) is 0 Å². The normalized spacial score (nSPS) is 11.6. The summed E-state index contributed by atoms with van der Waals surface area (Å²) in [5.41, 5.74) is 2.43. The van der Waals surface area contributed by atoms with Gasteiger partial charge in [-0.3, -0.25) is 0 Å². The third-order valence-electron chi connectivity index (χ3n) is 5.05. The van der Waals surface area contributed by atoms with Gasteiger partial charge in [-0.05, 0) is 62.4 Å². The van der Waals surface area contributed by atoms with E-state index in [2.05, 4.69) is 18.7 Å². The van der Waals surface area contributed by atoms with E-state index in [0.717, 1.165) is 11.1 Å². The van der Waals surface area contributed by atoms with Crippen LogP contribution in [0.1, 0.15) is 64.2 Å². The lowest BCUT2D eigenvalue weighted by molar-refractivity contribution is -0.410. The summed E-state index contributed by atoms with van der Waals surface area (Å²) in [6.07, 6.45) is 0. The highest BCUT2D eigenvalue weighted by atomic mass is 17.2. The van der Waals surface area contributed by atoms with Gasteiger partial charge in [0, 0.05) is 0 Å². The Bertz CT molecular complexity index is 834. The summed E-state index contributed by atoms with van der Waals surface area (Å²) in [5.74, 6) is 0.997. The smallest absolute Gasteiger partial charge is 0.165 e. The molecule has 31 heavy (non-hydrogen) atoms. The lowest BCUT2D eigenvalue weighted by atomic mass is 9.98. The van der Waals surface area contributed by atoms with Gasteiger partial charge in [0.15, 0.2) is 5.75 Å². The molecule has 0 aliphatic rings. The minimum absolute atomic E-state index is 0.481. The monoisotopic (exact) mass is 422 g/mol. The Morgan fingerprint density at radius 1 is 0.613 bits per heavy atom. The van der Waals surface area contributed by atoms with Crippen molar-refractivity contribution >= 4 is 0 Å². The lowest BCUT2D eigenvalue weighted by Gasteiger charge is -2.31. The van der Waals surface area contributed by atoms with Crippen molar-refractivity contribution < 1.29 is 19.9 Å². The van der Waals surface area contributed by atoms with Crippen LogP contribution in [0, 0.1) is 0 Å². The van der Waals surface area contributed by atoms with Gasteiger partial charge in [-0.2, -0.15) is 0 Å². The molecular formula is C27H34O4. The van der Waals surface area contributed by atoms with Crippen LogP contribution in [0.15, 0.2) is 84.9 Å². The minimum atomic E-state index is -0.493. The molecule has 0 heterocycles. The fourth-order valence-corrected chi connectivity index (χ4v) is 2.90. The Kier molecular flexibility index (Phi) is 8.81. The molecule has 0 saturated carbocycles. The van der Waals surface area contributed by atoms with E-state index >= 15 is 0 Å². The van der Waals surface area contributed by atoms with Crippen LogP contribution in [-0.4, -0.2) is 5.26 Å². The summed E-state index contributed by atoms with van der Waals surface area (Å²) in [5, 5.41) is 8.27. The second kappa shape index (κ2) is 11.1. The van der Waals surface area contributed by atoms with E-state index in [0.29, 0.717) is 11.7 Å². The van der Waals surface area contributed by atoms with Crippen LogP contribution in [0.2, 0.25) is 0 Å². The SMILES string of the molecule is CC(C)(OOC(C)(C)c1ccccc1)c1ccccc1.CC(C)c1ccc(OO)cc1. The molecule has 0 radical (unpaired) electrons. The summed E-state index contributed by atoms with van der Waals surface area (Å²) in [4.78, 5) is 15.5. The first-order valence-electron chi connectivity index (χ1n) is 10.5. The maximum atomic E-state index is 8.27. The maximum absolute atomic E-state index is 8.27. The van der Waals surface area contributed by atoms with Crippen LogP contribution < -0.4 is 4.89 Å². The number of rotatable bonds is 7. The van der Waals surface area contributed by atoms with Gasteiger partial charge in [0.25, 0.3) is 0 Å². The van der Waals surface area contributed by atoms with E-state index in [4.69, 9.17) is 15.0 Å². The Labute approximate surface area is 186 Å². The van der Waals surface area contributed by atoms with E-state index in [9.17, 15) is 0 Å². The van der Waals surface area contributed by atoms with Gasteiger partial charge >= 0.3 is 0 Å². The molecule has 4 heteroatoms. The molecule has 0 spiro atoms. The molecule has 4 nitrogen and oxygen atoms in total. The van der Waals surface area contributed by atoms with Crippen molar-refractivity contribution in [3.8, 4) is 5.75 Å². The van der Waals surface area contributed by atoms with Crippen molar-refractivity contribution in [2.75, 3.05) is 0 Å². The predicted octanol–water partition coefficient (Wildman–Crippen LogP) is 7.47. The van der Waals surface area contributed by atoms with Gasteiger partial charge < -0.3 is 4.89 Å². The number of hydrogen-bond acceptors (Lipinski definition) is 4. The summed E-state index contributed by atoms with van der Waals surface area (Å²) >= 11 is 0. The maximum Gasteiger partial charge on any atom is 0.165 e. The van der Waals surface area contributed by atoms with Gasteiger partial charge in [0.2, 0.25) is 0 Å². The molecule has 0 bridgehead atoms. The Morgan fingerprint density at radius 3 is 1.32 bits per heavy atom. The molecule has 0 fully saturated rings.